The fourth-order valence-corrected chi connectivity index (χ4v) is 1.80. The molecule has 0 spiro atoms. The number of carbonyl (C=O) groups excluding carboxylic acids is 1. The second kappa shape index (κ2) is 6.26. The summed E-state index contributed by atoms with van der Waals surface area (Å²) in [7, 11) is 0. The number of carboxylic acid groups (broad SMARTS) is 1. The van der Waals surface area contributed by atoms with Crippen LogP contribution in [0.4, 0.5) is 0 Å². The maximum atomic E-state index is 11.7. The molecule has 1 aromatic heterocycles. The second-order valence-corrected chi connectivity index (χ2v) is 4.10. The maximum absolute atomic E-state index is 11.7. The molecule has 1 rings (SSSR count). The molecule has 0 saturated heterocycles. The summed E-state index contributed by atoms with van der Waals surface area (Å²) in [4.78, 5) is 22.7. The summed E-state index contributed by atoms with van der Waals surface area (Å²) in [5, 5.41) is 23.5. The summed E-state index contributed by atoms with van der Waals surface area (Å²) in [5.74, 6) is -1.85. The van der Waals surface area contributed by atoms with Gasteiger partial charge in [0.15, 0.2) is 6.04 Å². The molecule has 0 aromatic carbocycles. The van der Waals surface area contributed by atoms with Crippen molar-refractivity contribution in [2.45, 2.75) is 25.8 Å². The van der Waals surface area contributed by atoms with E-state index in [0.717, 1.165) is 18.0 Å². The van der Waals surface area contributed by atoms with Gasteiger partial charge in [0.2, 0.25) is 0 Å². The number of aromatic nitrogens is 2. The molecule has 0 radical (unpaired) electrons. The van der Waals surface area contributed by atoms with Gasteiger partial charge in [-0.05, 0) is 18.0 Å². The van der Waals surface area contributed by atoms with Crippen molar-refractivity contribution in [3.05, 3.63) is 10.6 Å². The summed E-state index contributed by atoms with van der Waals surface area (Å²) >= 11 is 0.914. The number of nitrogens with zero attached hydrogens (tertiary/aromatic N) is 2. The Morgan fingerprint density at radius 2 is 2.24 bits per heavy atom. The lowest BCUT2D eigenvalue weighted by Gasteiger charge is -2.10. The van der Waals surface area contributed by atoms with Gasteiger partial charge in [0.05, 0.1) is 12.3 Å². The van der Waals surface area contributed by atoms with E-state index >= 15 is 0 Å². The highest BCUT2D eigenvalue weighted by molar-refractivity contribution is 7.08. The van der Waals surface area contributed by atoms with E-state index in [4.69, 9.17) is 10.2 Å². The third-order valence-corrected chi connectivity index (χ3v) is 2.80. The quantitative estimate of drug-likeness (QED) is 0.644. The summed E-state index contributed by atoms with van der Waals surface area (Å²) < 4.78 is 3.66. The molecule has 0 fully saturated rings. The average Bonchev–Trinajstić information content (AvgIpc) is 2.74. The summed E-state index contributed by atoms with van der Waals surface area (Å²) in [6.45, 7) is 1.28. The van der Waals surface area contributed by atoms with E-state index in [-0.39, 0.29) is 0 Å². The fourth-order valence-electron chi connectivity index (χ4n) is 1.19. The molecule has 17 heavy (non-hydrogen) atoms. The molecule has 1 heterocycles. The van der Waals surface area contributed by atoms with Gasteiger partial charge in [0.25, 0.3) is 5.91 Å². The van der Waals surface area contributed by atoms with E-state index in [2.05, 4.69) is 14.9 Å². The van der Waals surface area contributed by atoms with E-state index < -0.39 is 24.5 Å². The minimum absolute atomic E-state index is 0.298. The predicted octanol–water partition coefficient (Wildman–Crippen LogP) is -0.334. The Balaban J connectivity index is 2.75. The third kappa shape index (κ3) is 3.46. The molecule has 0 saturated carbocycles. The van der Waals surface area contributed by atoms with E-state index in [1.165, 1.54) is 0 Å². The van der Waals surface area contributed by atoms with Crippen molar-refractivity contribution in [3.63, 3.8) is 0 Å². The first-order valence-corrected chi connectivity index (χ1v) is 5.83. The van der Waals surface area contributed by atoms with Crippen LogP contribution in [0.2, 0.25) is 0 Å². The van der Waals surface area contributed by atoms with Crippen molar-refractivity contribution in [2.24, 2.45) is 0 Å². The summed E-state index contributed by atoms with van der Waals surface area (Å²) in [6, 6.07) is -1.31. The number of amides is 1. The first-order chi connectivity index (χ1) is 8.10. The Labute approximate surface area is 102 Å². The van der Waals surface area contributed by atoms with Gasteiger partial charge >= 0.3 is 5.97 Å². The Morgan fingerprint density at radius 3 is 2.76 bits per heavy atom. The molecule has 3 N–H and O–H groups in total. The standard InChI is InChI=1S/C9H13N3O4S/c1-2-3-5-7(17-12-11-5)8(14)10-6(4-13)9(15)16/h6,13H,2-4H2,1H3,(H,10,14)(H,15,16). The molecule has 0 aliphatic carbocycles. The first kappa shape index (κ1) is 13.5. The van der Waals surface area contributed by atoms with Gasteiger partial charge in [0, 0.05) is 0 Å². The molecular formula is C9H13N3O4S. The lowest BCUT2D eigenvalue weighted by Crippen LogP contribution is -2.43. The molecule has 0 bridgehead atoms. The van der Waals surface area contributed by atoms with E-state index in [9.17, 15) is 9.59 Å². The SMILES string of the molecule is CCCc1nnsc1C(=O)NC(CO)C(=O)O. The van der Waals surface area contributed by atoms with Crippen molar-refractivity contribution in [1.82, 2.24) is 14.9 Å². The van der Waals surface area contributed by atoms with Gasteiger partial charge in [-0.15, -0.1) is 5.10 Å². The number of nitrogens with one attached hydrogen (secondary N) is 1. The van der Waals surface area contributed by atoms with Crippen molar-refractivity contribution in [3.8, 4) is 0 Å². The first-order valence-electron chi connectivity index (χ1n) is 5.05. The number of aliphatic carboxylic acids is 1. The molecule has 7 nitrogen and oxygen atoms in total. The van der Waals surface area contributed by atoms with Gasteiger partial charge < -0.3 is 15.5 Å². The molecule has 1 unspecified atom stereocenters. The topological polar surface area (TPSA) is 112 Å². The fraction of sp³-hybridized carbons (Fsp3) is 0.556. The van der Waals surface area contributed by atoms with Gasteiger partial charge in [-0.1, -0.05) is 17.8 Å². The highest BCUT2D eigenvalue weighted by atomic mass is 32.1. The zero-order valence-corrected chi connectivity index (χ0v) is 10.0. The van der Waals surface area contributed by atoms with Crippen LogP contribution in [0.3, 0.4) is 0 Å². The molecule has 1 amide bonds. The number of aliphatic hydroxyl groups is 1. The van der Waals surface area contributed by atoms with Crippen molar-refractivity contribution in [2.75, 3.05) is 6.61 Å². The van der Waals surface area contributed by atoms with Crippen LogP contribution in [0.25, 0.3) is 0 Å². The maximum Gasteiger partial charge on any atom is 0.328 e. The highest BCUT2D eigenvalue weighted by Crippen LogP contribution is 2.12. The van der Waals surface area contributed by atoms with Gasteiger partial charge in [-0.3, -0.25) is 4.79 Å². The Hall–Kier alpha value is -1.54. The molecule has 94 valence electrons. The van der Waals surface area contributed by atoms with Gasteiger partial charge in [-0.25, -0.2) is 4.79 Å². The number of carboxylic acids is 1. The monoisotopic (exact) mass is 259 g/mol. The zero-order valence-electron chi connectivity index (χ0n) is 9.21. The number of rotatable bonds is 6. The van der Waals surface area contributed by atoms with Crippen LogP contribution in [-0.2, 0) is 11.2 Å². The zero-order chi connectivity index (χ0) is 12.8. The van der Waals surface area contributed by atoms with Crippen LogP contribution >= 0.6 is 11.5 Å². The average molecular weight is 259 g/mol. The smallest absolute Gasteiger partial charge is 0.328 e. The number of aryl methyl sites for hydroxylation is 1. The molecule has 1 aromatic rings. The van der Waals surface area contributed by atoms with Gasteiger partial charge in [0.1, 0.15) is 4.88 Å². The van der Waals surface area contributed by atoms with E-state index in [0.29, 0.717) is 17.0 Å². The highest BCUT2D eigenvalue weighted by Gasteiger charge is 2.22. The molecule has 1 atom stereocenters. The lowest BCUT2D eigenvalue weighted by molar-refractivity contribution is -0.140. The van der Waals surface area contributed by atoms with Crippen LogP contribution < -0.4 is 5.32 Å². The Morgan fingerprint density at radius 1 is 1.53 bits per heavy atom. The number of hydrogen-bond acceptors (Lipinski definition) is 6. The molecule has 8 heteroatoms. The molecule has 0 aliphatic heterocycles. The van der Waals surface area contributed by atoms with Crippen molar-refractivity contribution < 1.29 is 19.8 Å². The van der Waals surface area contributed by atoms with Crippen LogP contribution in [0.15, 0.2) is 0 Å². The predicted molar refractivity (Wildman–Crippen MR) is 59.9 cm³/mol. The Bertz CT molecular complexity index is 407. The van der Waals surface area contributed by atoms with E-state index in [1.807, 2.05) is 6.92 Å². The second-order valence-electron chi connectivity index (χ2n) is 3.35. The number of carbonyl (C=O) groups is 2. The van der Waals surface area contributed by atoms with E-state index in [1.54, 1.807) is 0 Å². The summed E-state index contributed by atoms with van der Waals surface area (Å²) in [5.41, 5.74) is 0.553. The molecule has 0 aliphatic rings. The number of hydrogen-bond donors (Lipinski definition) is 3. The van der Waals surface area contributed by atoms with Crippen LogP contribution in [-0.4, -0.2) is 44.3 Å². The van der Waals surface area contributed by atoms with Crippen LogP contribution in [0.1, 0.15) is 28.7 Å². The van der Waals surface area contributed by atoms with Gasteiger partial charge in [-0.2, -0.15) is 0 Å². The lowest BCUT2D eigenvalue weighted by atomic mass is 10.2. The normalized spacial score (nSPS) is 12.1. The van der Waals surface area contributed by atoms with Crippen LogP contribution in [0.5, 0.6) is 0 Å². The minimum Gasteiger partial charge on any atom is -0.480 e. The largest absolute Gasteiger partial charge is 0.480 e. The summed E-state index contributed by atoms with van der Waals surface area (Å²) in [6.07, 6.45) is 1.42. The van der Waals surface area contributed by atoms with Crippen LogP contribution in [0, 0.1) is 0 Å². The third-order valence-electron chi connectivity index (χ3n) is 2.03. The molecular weight excluding hydrogens is 246 g/mol. The minimum atomic E-state index is -1.31. The van der Waals surface area contributed by atoms with Crippen molar-refractivity contribution in [1.29, 1.82) is 0 Å². The number of aliphatic hydroxyl groups excluding tert-OH is 1. The Kier molecular flexibility index (Phi) is 4.98. The van der Waals surface area contributed by atoms with Crippen molar-refractivity contribution >= 4 is 23.4 Å².